The molecule has 0 spiro atoms. The van der Waals surface area contributed by atoms with Crippen LogP contribution in [0.2, 0.25) is 0 Å². The molecule has 0 aromatic rings. The number of alkyl halides is 2. The lowest BCUT2D eigenvalue weighted by Gasteiger charge is -2.27. The van der Waals surface area contributed by atoms with Crippen LogP contribution in [0.1, 0.15) is 25.7 Å². The van der Waals surface area contributed by atoms with Gasteiger partial charge in [-0.3, -0.25) is 0 Å². The first kappa shape index (κ1) is 7.92. The number of hydrogen-bond donors (Lipinski definition) is 1. The Hall–Kier alpha value is -0.180. The average Bonchev–Trinajstić information content (AvgIpc) is 1.88. The highest BCUT2D eigenvalue weighted by Gasteiger charge is 2.29. The van der Waals surface area contributed by atoms with Gasteiger partial charge in [0.05, 0.1) is 0 Å². The molecule has 3 heteroatoms. The molecule has 1 aliphatic carbocycles. The van der Waals surface area contributed by atoms with E-state index in [2.05, 4.69) is 0 Å². The van der Waals surface area contributed by atoms with Crippen LogP contribution in [0.5, 0.6) is 0 Å². The monoisotopic (exact) mass is 149 g/mol. The van der Waals surface area contributed by atoms with Crippen molar-refractivity contribution in [3.05, 3.63) is 0 Å². The van der Waals surface area contributed by atoms with Crippen LogP contribution >= 0.6 is 0 Å². The smallest absolute Gasteiger partial charge is 0.242 e. The van der Waals surface area contributed by atoms with Crippen molar-refractivity contribution in [2.24, 2.45) is 11.7 Å². The van der Waals surface area contributed by atoms with E-state index in [-0.39, 0.29) is 6.04 Å². The van der Waals surface area contributed by atoms with E-state index < -0.39 is 12.3 Å². The van der Waals surface area contributed by atoms with Gasteiger partial charge in [0.25, 0.3) is 0 Å². The van der Waals surface area contributed by atoms with Crippen LogP contribution in [0.15, 0.2) is 0 Å². The zero-order valence-corrected chi connectivity index (χ0v) is 5.89. The maximum Gasteiger partial charge on any atom is 0.242 e. The predicted molar refractivity (Wildman–Crippen MR) is 35.9 cm³/mol. The summed E-state index contributed by atoms with van der Waals surface area (Å²) in [6.45, 7) is 0. The maximum absolute atomic E-state index is 12.1. The summed E-state index contributed by atoms with van der Waals surface area (Å²) in [5.74, 6) is -0.534. The Kier molecular flexibility index (Phi) is 2.60. The summed E-state index contributed by atoms with van der Waals surface area (Å²) < 4.78 is 24.2. The van der Waals surface area contributed by atoms with Crippen LogP contribution in [0.3, 0.4) is 0 Å². The molecule has 0 heterocycles. The third-order valence-corrected chi connectivity index (χ3v) is 2.20. The minimum Gasteiger partial charge on any atom is -0.327 e. The fraction of sp³-hybridized carbons (Fsp3) is 1.00. The molecule has 1 nitrogen and oxygen atoms in total. The van der Waals surface area contributed by atoms with E-state index in [9.17, 15) is 8.78 Å². The Morgan fingerprint density at radius 1 is 1.20 bits per heavy atom. The molecular weight excluding hydrogens is 136 g/mol. The number of rotatable bonds is 1. The Labute approximate surface area is 59.6 Å². The largest absolute Gasteiger partial charge is 0.327 e. The Morgan fingerprint density at radius 2 is 1.80 bits per heavy atom. The minimum absolute atomic E-state index is 0.256. The molecule has 1 rings (SSSR count). The quantitative estimate of drug-likeness (QED) is 0.604. The molecular formula is C7H13F2N. The van der Waals surface area contributed by atoms with Crippen LogP contribution < -0.4 is 5.73 Å². The summed E-state index contributed by atoms with van der Waals surface area (Å²) in [5, 5.41) is 0. The van der Waals surface area contributed by atoms with Gasteiger partial charge < -0.3 is 5.73 Å². The summed E-state index contributed by atoms with van der Waals surface area (Å²) in [6, 6.07) is -0.256. The maximum atomic E-state index is 12.1. The highest BCUT2D eigenvalue weighted by molar-refractivity contribution is 4.79. The van der Waals surface area contributed by atoms with Crippen LogP contribution in [-0.4, -0.2) is 12.5 Å². The predicted octanol–water partition coefficient (Wildman–Crippen LogP) is 1.77. The number of halogens is 2. The number of nitrogens with two attached hydrogens (primary N) is 1. The lowest BCUT2D eigenvalue weighted by atomic mass is 9.85. The van der Waals surface area contributed by atoms with Crippen molar-refractivity contribution in [2.45, 2.75) is 38.2 Å². The number of hydrogen-bond acceptors (Lipinski definition) is 1. The standard InChI is InChI=1S/C7H13F2N/c8-7(9)5-3-1-2-4-6(5)10/h5-7H,1-4,10H2. The SMILES string of the molecule is NC1CCCCC1C(F)F. The normalized spacial score (nSPS) is 34.8. The third kappa shape index (κ3) is 1.66. The molecule has 0 bridgehead atoms. The summed E-state index contributed by atoms with van der Waals surface area (Å²) in [6.07, 6.45) is 1.11. The first-order valence-electron chi connectivity index (χ1n) is 3.75. The van der Waals surface area contributed by atoms with Gasteiger partial charge in [-0.25, -0.2) is 8.78 Å². The Balaban J connectivity index is 2.40. The molecule has 2 atom stereocenters. The fourth-order valence-corrected chi connectivity index (χ4v) is 1.50. The van der Waals surface area contributed by atoms with Crippen molar-refractivity contribution >= 4 is 0 Å². The molecule has 2 unspecified atom stereocenters. The second-order valence-electron chi connectivity index (χ2n) is 2.95. The van der Waals surface area contributed by atoms with Gasteiger partial charge in [-0.05, 0) is 12.8 Å². The molecule has 60 valence electrons. The summed E-state index contributed by atoms with van der Waals surface area (Å²) in [7, 11) is 0. The van der Waals surface area contributed by atoms with Gasteiger partial charge in [-0.15, -0.1) is 0 Å². The molecule has 1 saturated carbocycles. The zero-order valence-electron chi connectivity index (χ0n) is 5.89. The molecule has 1 aliphatic rings. The van der Waals surface area contributed by atoms with E-state index in [1.165, 1.54) is 0 Å². The Morgan fingerprint density at radius 3 is 2.20 bits per heavy atom. The molecule has 0 saturated heterocycles. The zero-order chi connectivity index (χ0) is 7.56. The van der Waals surface area contributed by atoms with Crippen molar-refractivity contribution < 1.29 is 8.78 Å². The van der Waals surface area contributed by atoms with Gasteiger partial charge in [-0.2, -0.15) is 0 Å². The molecule has 2 N–H and O–H groups in total. The minimum atomic E-state index is -2.21. The van der Waals surface area contributed by atoms with Crippen LogP contribution in [-0.2, 0) is 0 Å². The van der Waals surface area contributed by atoms with Gasteiger partial charge in [0, 0.05) is 12.0 Å². The van der Waals surface area contributed by atoms with Gasteiger partial charge >= 0.3 is 0 Å². The molecule has 0 aliphatic heterocycles. The van der Waals surface area contributed by atoms with Gasteiger partial charge in [-0.1, -0.05) is 12.8 Å². The second kappa shape index (κ2) is 3.28. The van der Waals surface area contributed by atoms with Crippen molar-refractivity contribution in [3.63, 3.8) is 0 Å². The lowest BCUT2D eigenvalue weighted by molar-refractivity contribution is 0.0448. The van der Waals surface area contributed by atoms with Crippen LogP contribution in [0.4, 0.5) is 8.78 Å². The first-order chi connectivity index (χ1) is 4.72. The van der Waals surface area contributed by atoms with Crippen molar-refractivity contribution in [2.75, 3.05) is 0 Å². The van der Waals surface area contributed by atoms with E-state index in [0.29, 0.717) is 6.42 Å². The molecule has 0 aromatic carbocycles. The lowest BCUT2D eigenvalue weighted by Crippen LogP contribution is -2.37. The topological polar surface area (TPSA) is 26.0 Å². The molecule has 1 fully saturated rings. The molecule has 0 amide bonds. The summed E-state index contributed by atoms with van der Waals surface area (Å²) in [5.41, 5.74) is 5.50. The van der Waals surface area contributed by atoms with Crippen LogP contribution in [0.25, 0.3) is 0 Å². The van der Waals surface area contributed by atoms with Gasteiger partial charge in [0.15, 0.2) is 0 Å². The van der Waals surface area contributed by atoms with Gasteiger partial charge in [0.1, 0.15) is 0 Å². The summed E-state index contributed by atoms with van der Waals surface area (Å²) >= 11 is 0. The van der Waals surface area contributed by atoms with Crippen LogP contribution in [0, 0.1) is 5.92 Å². The Bertz CT molecular complexity index is 106. The van der Waals surface area contributed by atoms with E-state index in [0.717, 1.165) is 19.3 Å². The first-order valence-corrected chi connectivity index (χ1v) is 3.75. The van der Waals surface area contributed by atoms with E-state index in [1.54, 1.807) is 0 Å². The second-order valence-corrected chi connectivity index (χ2v) is 2.95. The van der Waals surface area contributed by atoms with Crippen molar-refractivity contribution in [3.8, 4) is 0 Å². The van der Waals surface area contributed by atoms with Crippen molar-refractivity contribution in [1.29, 1.82) is 0 Å². The highest BCUT2D eigenvalue weighted by Crippen LogP contribution is 2.27. The molecule has 0 radical (unpaired) electrons. The van der Waals surface area contributed by atoms with E-state index >= 15 is 0 Å². The van der Waals surface area contributed by atoms with Gasteiger partial charge in [0.2, 0.25) is 6.43 Å². The van der Waals surface area contributed by atoms with E-state index in [4.69, 9.17) is 5.73 Å². The molecule has 0 aromatic heterocycles. The average molecular weight is 149 g/mol. The summed E-state index contributed by atoms with van der Waals surface area (Å²) in [4.78, 5) is 0. The van der Waals surface area contributed by atoms with Crippen molar-refractivity contribution in [1.82, 2.24) is 0 Å². The fourth-order valence-electron chi connectivity index (χ4n) is 1.50. The third-order valence-electron chi connectivity index (χ3n) is 2.20. The molecule has 10 heavy (non-hydrogen) atoms. The highest BCUT2D eigenvalue weighted by atomic mass is 19.3. The van der Waals surface area contributed by atoms with E-state index in [1.807, 2.05) is 0 Å².